The Morgan fingerprint density at radius 2 is 0.909 bits per heavy atom. The van der Waals surface area contributed by atoms with Crippen molar-refractivity contribution in [3.8, 4) is 0 Å². The van der Waals surface area contributed by atoms with Gasteiger partial charge in [0.25, 0.3) is 0 Å². The van der Waals surface area contributed by atoms with Gasteiger partial charge in [-0.15, -0.1) is 0 Å². The molecule has 8 heteroatoms. The van der Waals surface area contributed by atoms with Crippen LogP contribution in [0.25, 0.3) is 21.5 Å². The Kier molecular flexibility index (Phi) is 3.01. The van der Waals surface area contributed by atoms with E-state index in [-0.39, 0.29) is 0 Å². The predicted molar refractivity (Wildman–Crippen MR) is 61.1 cm³/mol. The third-order valence-electron chi connectivity index (χ3n) is 3.26. The lowest BCUT2D eigenvalue weighted by Crippen LogP contribution is -2.04. The van der Waals surface area contributed by atoms with Gasteiger partial charge in [-0.2, -0.15) is 0 Å². The summed E-state index contributed by atoms with van der Waals surface area (Å²) in [6, 6.07) is 1.00. The van der Waals surface area contributed by atoms with Crippen molar-refractivity contribution in [1.29, 1.82) is 0 Å². The molecule has 114 valence electrons. The van der Waals surface area contributed by atoms with Crippen LogP contribution < -0.4 is 0 Å². The fourth-order valence-electron chi connectivity index (χ4n) is 2.28. The van der Waals surface area contributed by atoms with Crippen LogP contribution in [0.1, 0.15) is 0 Å². The molecule has 0 bridgehead atoms. The Labute approximate surface area is 116 Å². The summed E-state index contributed by atoms with van der Waals surface area (Å²) < 4.78 is 109. The van der Waals surface area contributed by atoms with Crippen molar-refractivity contribution in [3.05, 3.63) is 58.7 Å². The minimum atomic E-state index is -2.39. The second-order valence-electron chi connectivity index (χ2n) is 4.42. The molecule has 0 saturated heterocycles. The summed E-state index contributed by atoms with van der Waals surface area (Å²) in [6.45, 7) is 0. The maximum atomic E-state index is 13.8. The van der Waals surface area contributed by atoms with Gasteiger partial charge in [0.15, 0.2) is 46.5 Å². The van der Waals surface area contributed by atoms with Crippen LogP contribution in [0.4, 0.5) is 35.1 Å². The maximum absolute atomic E-state index is 13.8. The summed E-state index contributed by atoms with van der Waals surface area (Å²) >= 11 is 0. The Morgan fingerprint density at radius 1 is 0.409 bits per heavy atom. The van der Waals surface area contributed by atoms with Crippen LogP contribution >= 0.6 is 0 Å². The highest BCUT2D eigenvalue weighted by molar-refractivity contribution is 6.09. The van der Waals surface area contributed by atoms with Crippen molar-refractivity contribution < 1.29 is 35.1 Å². The number of hydrogen-bond donors (Lipinski definition) is 0. The second-order valence-corrected chi connectivity index (χ2v) is 4.42. The summed E-state index contributed by atoms with van der Waals surface area (Å²) in [5, 5.41) is -5.20. The molecule has 0 aliphatic carbocycles. The van der Waals surface area contributed by atoms with Crippen LogP contribution in [-0.2, 0) is 0 Å². The molecule has 3 rings (SSSR count). The highest BCUT2D eigenvalue weighted by atomic mass is 19.2. The van der Waals surface area contributed by atoms with Gasteiger partial charge in [0, 0.05) is 16.2 Å². The van der Waals surface area contributed by atoms with Crippen LogP contribution in [0, 0.1) is 46.5 Å². The first-order valence-electron chi connectivity index (χ1n) is 5.67. The molecule has 22 heavy (non-hydrogen) atoms. The van der Waals surface area contributed by atoms with Crippen LogP contribution in [0.3, 0.4) is 0 Å². The smallest absolute Gasteiger partial charge is 0.198 e. The Morgan fingerprint density at radius 3 is 1.50 bits per heavy atom. The minimum absolute atomic E-state index is 0.431. The van der Waals surface area contributed by atoms with Gasteiger partial charge >= 0.3 is 0 Å². The average molecular weight is 322 g/mol. The maximum Gasteiger partial charge on any atom is 0.198 e. The van der Waals surface area contributed by atoms with Crippen LogP contribution in [-0.4, -0.2) is 0 Å². The van der Waals surface area contributed by atoms with Crippen molar-refractivity contribution >= 4 is 21.5 Å². The lowest BCUT2D eigenvalue weighted by atomic mass is 9.98. The van der Waals surface area contributed by atoms with Gasteiger partial charge < -0.3 is 0 Å². The highest BCUT2D eigenvalue weighted by Crippen LogP contribution is 2.38. The van der Waals surface area contributed by atoms with Crippen molar-refractivity contribution in [2.75, 3.05) is 0 Å². The van der Waals surface area contributed by atoms with Crippen LogP contribution in [0.15, 0.2) is 12.1 Å². The molecule has 0 aliphatic rings. The molecule has 0 radical (unpaired) electrons. The van der Waals surface area contributed by atoms with Gasteiger partial charge in [0.05, 0.1) is 5.39 Å². The van der Waals surface area contributed by atoms with Gasteiger partial charge in [0.2, 0.25) is 0 Å². The molecule has 0 amide bonds. The summed E-state index contributed by atoms with van der Waals surface area (Å²) in [5.74, 6) is -16.4. The number of rotatable bonds is 0. The van der Waals surface area contributed by atoms with Gasteiger partial charge in [-0.3, -0.25) is 0 Å². The topological polar surface area (TPSA) is 0 Å². The van der Waals surface area contributed by atoms with Gasteiger partial charge in [-0.05, 0) is 12.1 Å². The summed E-state index contributed by atoms with van der Waals surface area (Å²) in [4.78, 5) is 0. The predicted octanol–water partition coefficient (Wildman–Crippen LogP) is 5.11. The lowest BCUT2D eigenvalue weighted by Gasteiger charge is -2.11. The van der Waals surface area contributed by atoms with Crippen molar-refractivity contribution in [2.45, 2.75) is 0 Å². The van der Waals surface area contributed by atoms with E-state index in [2.05, 4.69) is 0 Å². The van der Waals surface area contributed by atoms with Gasteiger partial charge in [0.1, 0.15) is 0 Å². The van der Waals surface area contributed by atoms with Gasteiger partial charge in [-0.25, -0.2) is 35.1 Å². The van der Waals surface area contributed by atoms with Crippen molar-refractivity contribution in [2.24, 2.45) is 0 Å². The van der Waals surface area contributed by atoms with Crippen molar-refractivity contribution in [1.82, 2.24) is 0 Å². The number of benzene rings is 3. The largest absolute Gasteiger partial charge is 0.204 e. The fourth-order valence-corrected chi connectivity index (χ4v) is 2.28. The normalized spacial score (nSPS) is 11.6. The van der Waals surface area contributed by atoms with E-state index in [0.717, 1.165) is 0 Å². The fraction of sp³-hybridized carbons (Fsp3) is 0. The highest BCUT2D eigenvalue weighted by Gasteiger charge is 2.29. The molecular weight excluding hydrogens is 320 g/mol. The summed E-state index contributed by atoms with van der Waals surface area (Å²) in [7, 11) is 0. The zero-order chi connectivity index (χ0) is 16.3. The third kappa shape index (κ3) is 1.63. The van der Waals surface area contributed by atoms with E-state index in [1.807, 2.05) is 0 Å². The van der Waals surface area contributed by atoms with E-state index in [1.54, 1.807) is 0 Å². The standard InChI is InChI=1S/C14H2F8/c15-4-2-1-3-5(9(4)17)6-7(11(19)8(3)16)12(20)14(22)13(21)10(6)18/h1-2H. The van der Waals surface area contributed by atoms with E-state index in [0.29, 0.717) is 12.1 Å². The summed E-state index contributed by atoms with van der Waals surface area (Å²) in [6.07, 6.45) is 0. The first-order chi connectivity index (χ1) is 10.3. The quantitative estimate of drug-likeness (QED) is 0.234. The minimum Gasteiger partial charge on any atom is -0.204 e. The van der Waals surface area contributed by atoms with E-state index in [9.17, 15) is 35.1 Å². The lowest BCUT2D eigenvalue weighted by molar-refractivity contribution is 0.415. The second kappa shape index (κ2) is 4.56. The van der Waals surface area contributed by atoms with Crippen molar-refractivity contribution in [3.63, 3.8) is 0 Å². The Bertz CT molecular complexity index is 961. The Hall–Kier alpha value is -2.38. The molecule has 0 aliphatic heterocycles. The zero-order valence-electron chi connectivity index (χ0n) is 10.2. The molecule has 0 atom stereocenters. The zero-order valence-corrected chi connectivity index (χ0v) is 10.2. The van der Waals surface area contributed by atoms with E-state index in [1.165, 1.54) is 0 Å². The first-order valence-corrected chi connectivity index (χ1v) is 5.67. The summed E-state index contributed by atoms with van der Waals surface area (Å²) in [5.41, 5.74) is 0. The third-order valence-corrected chi connectivity index (χ3v) is 3.26. The molecular formula is C14H2F8. The molecule has 0 spiro atoms. The monoisotopic (exact) mass is 322 g/mol. The molecule has 0 saturated carbocycles. The molecule has 3 aromatic carbocycles. The first kappa shape index (κ1) is 14.6. The van der Waals surface area contributed by atoms with Crippen LogP contribution in [0.2, 0.25) is 0 Å². The van der Waals surface area contributed by atoms with Gasteiger partial charge in [-0.1, -0.05) is 0 Å². The Balaban J connectivity index is 2.82. The average Bonchev–Trinajstić information content (AvgIpc) is 2.49. The number of halogens is 8. The molecule has 0 nitrogen and oxygen atoms in total. The number of fused-ring (bicyclic) bond motifs is 3. The molecule has 0 fully saturated rings. The molecule has 0 aromatic heterocycles. The van der Waals surface area contributed by atoms with Crippen LogP contribution in [0.5, 0.6) is 0 Å². The molecule has 0 unspecified atom stereocenters. The number of hydrogen-bond acceptors (Lipinski definition) is 0. The molecule has 0 N–H and O–H groups in total. The molecule has 0 heterocycles. The van der Waals surface area contributed by atoms with E-state index >= 15 is 0 Å². The SMILES string of the molecule is Fc1ccc2c(F)c(F)c3c(F)c(F)c(F)c(F)c3c2c1F. The van der Waals surface area contributed by atoms with E-state index in [4.69, 9.17) is 0 Å². The molecule has 3 aromatic rings. The van der Waals surface area contributed by atoms with E-state index < -0.39 is 68.1 Å².